The zero-order valence-corrected chi connectivity index (χ0v) is 11.7. The number of hydrazone groups is 1. The molecule has 1 aromatic rings. The van der Waals surface area contributed by atoms with Crippen molar-refractivity contribution >= 4 is 11.6 Å². The third-order valence-corrected chi connectivity index (χ3v) is 3.03. The Balaban J connectivity index is 2.65. The van der Waals surface area contributed by atoms with Crippen LogP contribution in [-0.2, 0) is 4.79 Å². The van der Waals surface area contributed by atoms with Crippen LogP contribution in [0.25, 0.3) is 0 Å². The van der Waals surface area contributed by atoms with E-state index in [0.29, 0.717) is 6.42 Å². The zero-order valence-electron chi connectivity index (χ0n) is 11.7. The first-order chi connectivity index (χ1) is 8.54. The Bertz CT molecular complexity index is 450. The van der Waals surface area contributed by atoms with E-state index in [1.165, 1.54) is 11.1 Å². The number of hydrogen-bond acceptors (Lipinski definition) is 2. The van der Waals surface area contributed by atoms with Crippen molar-refractivity contribution in [2.24, 2.45) is 5.10 Å². The molecule has 3 nitrogen and oxygen atoms in total. The third kappa shape index (κ3) is 4.32. The highest BCUT2D eigenvalue weighted by Gasteiger charge is 2.02. The van der Waals surface area contributed by atoms with Gasteiger partial charge in [0.15, 0.2) is 0 Å². The van der Waals surface area contributed by atoms with Gasteiger partial charge < -0.3 is 0 Å². The lowest BCUT2D eigenvalue weighted by molar-refractivity contribution is -0.121. The summed E-state index contributed by atoms with van der Waals surface area (Å²) in [6, 6.07) is 6.19. The Labute approximate surface area is 109 Å². The summed E-state index contributed by atoms with van der Waals surface area (Å²) in [6.07, 6.45) is 2.47. The molecule has 18 heavy (non-hydrogen) atoms. The Morgan fingerprint density at radius 3 is 2.61 bits per heavy atom. The molecule has 3 heteroatoms. The largest absolute Gasteiger partial charge is 0.273 e. The van der Waals surface area contributed by atoms with Gasteiger partial charge in [-0.15, -0.1) is 0 Å². The average molecular weight is 246 g/mol. The molecule has 0 aliphatic carbocycles. The monoisotopic (exact) mass is 246 g/mol. The number of unbranched alkanes of at least 4 members (excludes halogenated alkanes) is 1. The lowest BCUT2D eigenvalue weighted by Crippen LogP contribution is -2.18. The first-order valence-electron chi connectivity index (χ1n) is 6.45. The van der Waals surface area contributed by atoms with Crippen molar-refractivity contribution in [1.29, 1.82) is 0 Å². The second-order valence-electron chi connectivity index (χ2n) is 4.63. The van der Waals surface area contributed by atoms with Crippen molar-refractivity contribution < 1.29 is 4.79 Å². The predicted molar refractivity (Wildman–Crippen MR) is 75.8 cm³/mol. The molecule has 0 atom stereocenters. The summed E-state index contributed by atoms with van der Waals surface area (Å²) in [6.45, 7) is 8.13. The highest BCUT2D eigenvalue weighted by molar-refractivity contribution is 5.99. The standard InChI is InChI=1S/C15H22N2O/c1-5-6-7-15(18)17-16-13(4)14-9-8-11(2)12(3)10-14/h8-10H,5-7H2,1-4H3,(H,17,18). The van der Waals surface area contributed by atoms with Crippen LogP contribution >= 0.6 is 0 Å². The van der Waals surface area contributed by atoms with E-state index >= 15 is 0 Å². The molecule has 0 saturated heterocycles. The molecule has 0 radical (unpaired) electrons. The fraction of sp³-hybridized carbons (Fsp3) is 0.467. The Morgan fingerprint density at radius 1 is 1.28 bits per heavy atom. The minimum absolute atomic E-state index is 0.0139. The van der Waals surface area contributed by atoms with Crippen LogP contribution in [0.4, 0.5) is 0 Å². The molecule has 0 aliphatic heterocycles. The summed E-state index contributed by atoms with van der Waals surface area (Å²) in [5, 5.41) is 4.14. The average Bonchev–Trinajstić information content (AvgIpc) is 2.36. The molecule has 0 heterocycles. The van der Waals surface area contributed by atoms with Crippen molar-refractivity contribution in [2.75, 3.05) is 0 Å². The summed E-state index contributed by atoms with van der Waals surface area (Å²) in [5.41, 5.74) is 6.98. The number of carbonyl (C=O) groups excluding carboxylic acids is 1. The molecule has 1 N–H and O–H groups in total. The molecule has 0 aliphatic rings. The number of amides is 1. The molecule has 0 fully saturated rings. The molecular weight excluding hydrogens is 224 g/mol. The van der Waals surface area contributed by atoms with E-state index in [-0.39, 0.29) is 5.91 Å². The second-order valence-corrected chi connectivity index (χ2v) is 4.63. The smallest absolute Gasteiger partial charge is 0.240 e. The molecule has 0 bridgehead atoms. The van der Waals surface area contributed by atoms with E-state index in [2.05, 4.69) is 43.4 Å². The summed E-state index contributed by atoms with van der Waals surface area (Å²) >= 11 is 0. The van der Waals surface area contributed by atoms with Crippen LogP contribution in [0.2, 0.25) is 0 Å². The minimum Gasteiger partial charge on any atom is -0.273 e. The van der Waals surface area contributed by atoms with Gasteiger partial charge in [-0.05, 0) is 49.9 Å². The fourth-order valence-electron chi connectivity index (χ4n) is 1.57. The van der Waals surface area contributed by atoms with E-state index in [1.54, 1.807) is 0 Å². The topological polar surface area (TPSA) is 41.5 Å². The quantitative estimate of drug-likeness (QED) is 0.628. The van der Waals surface area contributed by atoms with Crippen LogP contribution in [0.1, 0.15) is 49.8 Å². The number of nitrogens with one attached hydrogen (secondary N) is 1. The lowest BCUT2D eigenvalue weighted by atomic mass is 10.0. The van der Waals surface area contributed by atoms with Crippen LogP contribution in [0, 0.1) is 13.8 Å². The van der Waals surface area contributed by atoms with Gasteiger partial charge in [-0.25, -0.2) is 5.43 Å². The van der Waals surface area contributed by atoms with Crippen LogP contribution < -0.4 is 5.43 Å². The molecule has 0 spiro atoms. The van der Waals surface area contributed by atoms with Gasteiger partial charge in [-0.3, -0.25) is 4.79 Å². The normalized spacial score (nSPS) is 11.4. The van der Waals surface area contributed by atoms with E-state index in [1.807, 2.05) is 13.0 Å². The Hall–Kier alpha value is -1.64. The highest BCUT2D eigenvalue weighted by Crippen LogP contribution is 2.10. The van der Waals surface area contributed by atoms with Gasteiger partial charge in [0.05, 0.1) is 5.71 Å². The van der Waals surface area contributed by atoms with Crippen molar-refractivity contribution in [1.82, 2.24) is 5.43 Å². The van der Waals surface area contributed by atoms with Crippen molar-refractivity contribution in [3.05, 3.63) is 34.9 Å². The molecule has 0 unspecified atom stereocenters. The SMILES string of the molecule is CCCCC(=O)NN=C(C)c1ccc(C)c(C)c1. The van der Waals surface area contributed by atoms with Crippen LogP contribution in [-0.4, -0.2) is 11.6 Å². The maximum atomic E-state index is 11.4. The molecule has 1 amide bonds. The molecule has 98 valence electrons. The summed E-state index contributed by atoms with van der Waals surface area (Å²) < 4.78 is 0. The van der Waals surface area contributed by atoms with Crippen LogP contribution in [0.5, 0.6) is 0 Å². The van der Waals surface area contributed by atoms with Gasteiger partial charge in [-0.1, -0.05) is 25.5 Å². The highest BCUT2D eigenvalue weighted by atomic mass is 16.2. The van der Waals surface area contributed by atoms with Crippen molar-refractivity contribution in [3.63, 3.8) is 0 Å². The lowest BCUT2D eigenvalue weighted by Gasteiger charge is -2.05. The summed E-state index contributed by atoms with van der Waals surface area (Å²) in [7, 11) is 0. The zero-order chi connectivity index (χ0) is 13.5. The molecule has 1 aromatic carbocycles. The molecular formula is C15H22N2O. The number of rotatable bonds is 5. The second kappa shape index (κ2) is 6.94. The van der Waals surface area contributed by atoms with E-state index in [4.69, 9.17) is 0 Å². The third-order valence-electron chi connectivity index (χ3n) is 3.03. The Morgan fingerprint density at radius 2 is 2.00 bits per heavy atom. The number of benzene rings is 1. The predicted octanol–water partition coefficient (Wildman–Crippen LogP) is 3.33. The van der Waals surface area contributed by atoms with Gasteiger partial charge in [-0.2, -0.15) is 5.10 Å². The maximum absolute atomic E-state index is 11.4. The molecule has 0 aromatic heterocycles. The van der Waals surface area contributed by atoms with Gasteiger partial charge in [0.25, 0.3) is 0 Å². The number of hydrogen-bond donors (Lipinski definition) is 1. The van der Waals surface area contributed by atoms with Crippen molar-refractivity contribution in [3.8, 4) is 0 Å². The van der Waals surface area contributed by atoms with Gasteiger partial charge in [0.2, 0.25) is 5.91 Å². The van der Waals surface area contributed by atoms with E-state index in [9.17, 15) is 4.79 Å². The van der Waals surface area contributed by atoms with Gasteiger partial charge in [0.1, 0.15) is 0 Å². The first-order valence-corrected chi connectivity index (χ1v) is 6.45. The van der Waals surface area contributed by atoms with Crippen LogP contribution in [0.3, 0.4) is 0 Å². The number of carbonyl (C=O) groups is 1. The fourth-order valence-corrected chi connectivity index (χ4v) is 1.57. The molecule has 0 saturated carbocycles. The first kappa shape index (κ1) is 14.4. The summed E-state index contributed by atoms with van der Waals surface area (Å²) in [5.74, 6) is -0.0139. The Kier molecular flexibility index (Phi) is 5.56. The van der Waals surface area contributed by atoms with Gasteiger partial charge >= 0.3 is 0 Å². The van der Waals surface area contributed by atoms with Crippen LogP contribution in [0.15, 0.2) is 23.3 Å². The molecule has 1 rings (SSSR count). The van der Waals surface area contributed by atoms with E-state index in [0.717, 1.165) is 24.1 Å². The van der Waals surface area contributed by atoms with E-state index < -0.39 is 0 Å². The van der Waals surface area contributed by atoms with Crippen molar-refractivity contribution in [2.45, 2.75) is 47.0 Å². The minimum atomic E-state index is -0.0139. The number of aryl methyl sites for hydroxylation is 2. The summed E-state index contributed by atoms with van der Waals surface area (Å²) in [4.78, 5) is 11.4. The number of nitrogens with zero attached hydrogens (tertiary/aromatic N) is 1. The maximum Gasteiger partial charge on any atom is 0.240 e. The van der Waals surface area contributed by atoms with Gasteiger partial charge in [0, 0.05) is 6.42 Å².